The molecular formula is C13H23N3. The molecule has 3 atom stereocenters. The first kappa shape index (κ1) is 11.6. The number of hydrogen-bond donors (Lipinski definition) is 1. The Labute approximate surface area is 98.0 Å². The zero-order valence-corrected chi connectivity index (χ0v) is 10.4. The fourth-order valence-corrected chi connectivity index (χ4v) is 3.04. The first-order valence-corrected chi connectivity index (χ1v) is 6.45. The highest BCUT2D eigenvalue weighted by molar-refractivity contribution is 5.12. The molecule has 1 fully saturated rings. The molecule has 3 nitrogen and oxygen atoms in total. The van der Waals surface area contributed by atoms with Gasteiger partial charge in [-0.3, -0.25) is 4.68 Å². The van der Waals surface area contributed by atoms with E-state index in [1.807, 2.05) is 17.9 Å². The molecule has 1 aliphatic carbocycles. The summed E-state index contributed by atoms with van der Waals surface area (Å²) < 4.78 is 1.98. The maximum absolute atomic E-state index is 6.26. The Kier molecular flexibility index (Phi) is 3.64. The van der Waals surface area contributed by atoms with Crippen molar-refractivity contribution < 1.29 is 0 Å². The Hall–Kier alpha value is -0.830. The zero-order chi connectivity index (χ0) is 11.5. The van der Waals surface area contributed by atoms with E-state index in [0.717, 1.165) is 5.92 Å². The van der Waals surface area contributed by atoms with Crippen molar-refractivity contribution in [1.82, 2.24) is 9.78 Å². The van der Waals surface area contributed by atoms with Crippen molar-refractivity contribution in [2.75, 3.05) is 0 Å². The predicted molar refractivity (Wildman–Crippen MR) is 66.2 cm³/mol. The summed E-state index contributed by atoms with van der Waals surface area (Å²) in [6.45, 7) is 2.27. The molecule has 0 aliphatic heterocycles. The smallest absolute Gasteiger partial charge is 0.0492 e. The quantitative estimate of drug-likeness (QED) is 0.852. The molecular weight excluding hydrogens is 198 g/mol. The van der Waals surface area contributed by atoms with Crippen LogP contribution in [0.15, 0.2) is 12.3 Å². The molecule has 0 amide bonds. The lowest BCUT2D eigenvalue weighted by molar-refractivity contribution is 0.267. The Morgan fingerprint density at radius 2 is 2.31 bits per heavy atom. The third-order valence-electron chi connectivity index (χ3n) is 3.95. The first-order valence-electron chi connectivity index (χ1n) is 6.45. The van der Waals surface area contributed by atoms with E-state index in [0.29, 0.717) is 12.0 Å². The van der Waals surface area contributed by atoms with Crippen LogP contribution >= 0.6 is 0 Å². The van der Waals surface area contributed by atoms with Crippen LogP contribution in [0.1, 0.15) is 50.6 Å². The van der Waals surface area contributed by atoms with Crippen LogP contribution < -0.4 is 5.73 Å². The highest BCUT2D eigenvalue weighted by atomic mass is 15.3. The lowest BCUT2D eigenvalue weighted by Crippen LogP contribution is -2.35. The van der Waals surface area contributed by atoms with Crippen molar-refractivity contribution >= 4 is 0 Å². The Morgan fingerprint density at radius 1 is 1.50 bits per heavy atom. The van der Waals surface area contributed by atoms with Gasteiger partial charge in [0.25, 0.3) is 0 Å². The SMILES string of the molecule is CCCC1CCC(N)C(c2ccnn2C)C1. The molecule has 90 valence electrons. The van der Waals surface area contributed by atoms with E-state index in [1.54, 1.807) is 0 Å². The summed E-state index contributed by atoms with van der Waals surface area (Å²) in [5, 5.41) is 4.26. The lowest BCUT2D eigenvalue weighted by atomic mass is 9.75. The highest BCUT2D eigenvalue weighted by Crippen LogP contribution is 2.37. The third kappa shape index (κ3) is 2.29. The predicted octanol–water partition coefficient (Wildman–Crippen LogP) is 2.43. The number of aromatic nitrogens is 2. The minimum Gasteiger partial charge on any atom is -0.327 e. The Morgan fingerprint density at radius 3 is 2.94 bits per heavy atom. The fourth-order valence-electron chi connectivity index (χ4n) is 3.04. The number of hydrogen-bond acceptors (Lipinski definition) is 2. The van der Waals surface area contributed by atoms with Gasteiger partial charge in [0, 0.05) is 30.9 Å². The number of nitrogens with two attached hydrogens (primary N) is 1. The molecule has 0 spiro atoms. The van der Waals surface area contributed by atoms with E-state index < -0.39 is 0 Å². The van der Waals surface area contributed by atoms with Crippen molar-refractivity contribution in [2.24, 2.45) is 18.7 Å². The molecule has 3 heteroatoms. The van der Waals surface area contributed by atoms with Crippen LogP contribution in [0.2, 0.25) is 0 Å². The zero-order valence-electron chi connectivity index (χ0n) is 10.4. The first-order chi connectivity index (χ1) is 7.72. The van der Waals surface area contributed by atoms with E-state index in [-0.39, 0.29) is 0 Å². The van der Waals surface area contributed by atoms with Crippen molar-refractivity contribution in [3.8, 4) is 0 Å². The molecule has 0 radical (unpaired) electrons. The van der Waals surface area contributed by atoms with Gasteiger partial charge in [-0.1, -0.05) is 19.8 Å². The van der Waals surface area contributed by atoms with Crippen molar-refractivity contribution in [3.05, 3.63) is 18.0 Å². The molecule has 3 unspecified atom stereocenters. The minimum absolute atomic E-state index is 0.323. The maximum Gasteiger partial charge on any atom is 0.0492 e. The van der Waals surface area contributed by atoms with Crippen molar-refractivity contribution in [1.29, 1.82) is 0 Å². The largest absolute Gasteiger partial charge is 0.327 e. The monoisotopic (exact) mass is 221 g/mol. The van der Waals surface area contributed by atoms with Gasteiger partial charge in [0.15, 0.2) is 0 Å². The molecule has 16 heavy (non-hydrogen) atoms. The van der Waals surface area contributed by atoms with Crippen LogP contribution in [-0.4, -0.2) is 15.8 Å². The maximum atomic E-state index is 6.26. The van der Waals surface area contributed by atoms with Gasteiger partial charge in [0.05, 0.1) is 0 Å². The van der Waals surface area contributed by atoms with Crippen LogP contribution in [0.3, 0.4) is 0 Å². The standard InChI is InChI=1S/C13H23N3/c1-3-4-10-5-6-12(14)11(9-10)13-7-8-15-16(13)2/h7-8,10-12H,3-6,9,14H2,1-2H3. The van der Waals surface area contributed by atoms with E-state index in [2.05, 4.69) is 18.1 Å². The molecule has 0 bridgehead atoms. The van der Waals surface area contributed by atoms with Crippen LogP contribution in [0.4, 0.5) is 0 Å². The Bertz CT molecular complexity index is 332. The van der Waals surface area contributed by atoms with Crippen LogP contribution in [0.25, 0.3) is 0 Å². The Balaban J connectivity index is 2.10. The molecule has 1 saturated carbocycles. The van der Waals surface area contributed by atoms with Crippen molar-refractivity contribution in [2.45, 2.75) is 51.0 Å². The van der Waals surface area contributed by atoms with Crippen molar-refractivity contribution in [3.63, 3.8) is 0 Å². The molecule has 1 aromatic heterocycles. The van der Waals surface area contributed by atoms with E-state index in [4.69, 9.17) is 5.73 Å². The highest BCUT2D eigenvalue weighted by Gasteiger charge is 2.30. The van der Waals surface area contributed by atoms with E-state index in [1.165, 1.54) is 37.8 Å². The van der Waals surface area contributed by atoms with Crippen LogP contribution in [0.5, 0.6) is 0 Å². The van der Waals surface area contributed by atoms with Crippen LogP contribution in [-0.2, 0) is 7.05 Å². The average Bonchev–Trinajstić information content (AvgIpc) is 2.68. The fraction of sp³-hybridized carbons (Fsp3) is 0.769. The van der Waals surface area contributed by atoms with Gasteiger partial charge >= 0.3 is 0 Å². The molecule has 1 heterocycles. The second kappa shape index (κ2) is 5.00. The summed E-state index contributed by atoms with van der Waals surface area (Å²) >= 11 is 0. The molecule has 2 N–H and O–H groups in total. The number of rotatable bonds is 3. The van der Waals surface area contributed by atoms with Gasteiger partial charge in [0.2, 0.25) is 0 Å². The van der Waals surface area contributed by atoms with Gasteiger partial charge in [0.1, 0.15) is 0 Å². The van der Waals surface area contributed by atoms with Gasteiger partial charge in [-0.15, -0.1) is 0 Å². The van der Waals surface area contributed by atoms with Gasteiger partial charge < -0.3 is 5.73 Å². The molecule has 1 aliphatic rings. The molecule has 2 rings (SSSR count). The molecule has 0 saturated heterocycles. The normalized spacial score (nSPS) is 30.6. The summed E-state index contributed by atoms with van der Waals surface area (Å²) in [7, 11) is 2.02. The lowest BCUT2D eigenvalue weighted by Gasteiger charge is -2.34. The van der Waals surface area contributed by atoms with Gasteiger partial charge in [-0.25, -0.2) is 0 Å². The van der Waals surface area contributed by atoms with Crippen LogP contribution in [0, 0.1) is 5.92 Å². The topological polar surface area (TPSA) is 43.8 Å². The van der Waals surface area contributed by atoms with E-state index in [9.17, 15) is 0 Å². The molecule has 0 aromatic carbocycles. The summed E-state index contributed by atoms with van der Waals surface area (Å²) in [6.07, 6.45) is 8.24. The number of nitrogens with zero attached hydrogens (tertiary/aromatic N) is 2. The minimum atomic E-state index is 0.323. The van der Waals surface area contributed by atoms with E-state index >= 15 is 0 Å². The second-order valence-electron chi connectivity index (χ2n) is 5.12. The molecule has 1 aromatic rings. The second-order valence-corrected chi connectivity index (χ2v) is 5.12. The third-order valence-corrected chi connectivity index (χ3v) is 3.95. The summed E-state index contributed by atoms with van der Waals surface area (Å²) in [5.41, 5.74) is 7.57. The summed E-state index contributed by atoms with van der Waals surface area (Å²) in [6, 6.07) is 2.45. The number of aryl methyl sites for hydroxylation is 1. The average molecular weight is 221 g/mol. The van der Waals surface area contributed by atoms with Gasteiger partial charge in [-0.2, -0.15) is 5.10 Å². The summed E-state index contributed by atoms with van der Waals surface area (Å²) in [4.78, 5) is 0. The summed E-state index contributed by atoms with van der Waals surface area (Å²) in [5.74, 6) is 1.38. The van der Waals surface area contributed by atoms with Gasteiger partial charge in [-0.05, 0) is 31.2 Å².